The highest BCUT2D eigenvalue weighted by Crippen LogP contribution is 2.41. The van der Waals surface area contributed by atoms with E-state index in [1.165, 1.54) is 6.42 Å². The van der Waals surface area contributed by atoms with Crippen molar-refractivity contribution in [3.63, 3.8) is 0 Å². The number of rotatable bonds is 5. The normalized spacial score (nSPS) is 31.5. The zero-order valence-electron chi connectivity index (χ0n) is 9.33. The van der Waals surface area contributed by atoms with Crippen LogP contribution in [0.4, 0.5) is 0 Å². The number of nitrogens with one attached hydrogen (secondary N) is 1. The van der Waals surface area contributed by atoms with Gasteiger partial charge in [-0.25, -0.2) is 0 Å². The van der Waals surface area contributed by atoms with Gasteiger partial charge in [0.25, 0.3) is 0 Å². The molecule has 0 unspecified atom stereocenters. The molecule has 2 atom stereocenters. The lowest BCUT2D eigenvalue weighted by Crippen LogP contribution is -2.40. The van der Waals surface area contributed by atoms with E-state index >= 15 is 0 Å². The molecular weight excluding hydrogens is 194 g/mol. The second-order valence-electron chi connectivity index (χ2n) is 4.86. The first-order valence-corrected chi connectivity index (χ1v) is 5.61. The van der Waals surface area contributed by atoms with E-state index in [2.05, 4.69) is 12.2 Å². The average Bonchev–Trinajstić information content (AvgIpc) is 2.13. The van der Waals surface area contributed by atoms with Crippen molar-refractivity contribution in [2.45, 2.75) is 39.0 Å². The Labute approximate surface area is 90.7 Å². The monoisotopic (exact) mass is 215 g/mol. The van der Waals surface area contributed by atoms with Crippen molar-refractivity contribution >= 4 is 5.97 Å². The number of aliphatic hydroxyl groups is 1. The van der Waals surface area contributed by atoms with Crippen molar-refractivity contribution in [1.29, 1.82) is 0 Å². The summed E-state index contributed by atoms with van der Waals surface area (Å²) in [5, 5.41) is 20.6. The Morgan fingerprint density at radius 2 is 2.33 bits per heavy atom. The van der Waals surface area contributed by atoms with Crippen molar-refractivity contribution in [3.8, 4) is 0 Å². The molecule has 1 aliphatic rings. The maximum atomic E-state index is 10.9. The number of carboxylic acid groups (broad SMARTS) is 1. The number of hydrogen-bond donors (Lipinski definition) is 3. The highest BCUT2D eigenvalue weighted by molar-refractivity contribution is 5.67. The zero-order chi connectivity index (χ0) is 11.3. The van der Waals surface area contributed by atoms with E-state index in [0.29, 0.717) is 12.5 Å². The summed E-state index contributed by atoms with van der Waals surface area (Å²) in [5.41, 5.74) is -0.147. The van der Waals surface area contributed by atoms with E-state index in [1.54, 1.807) is 0 Å². The minimum absolute atomic E-state index is 0.0737. The molecule has 1 fully saturated rings. The van der Waals surface area contributed by atoms with E-state index in [1.807, 2.05) is 0 Å². The molecule has 0 aromatic heterocycles. The van der Waals surface area contributed by atoms with Gasteiger partial charge in [0, 0.05) is 6.54 Å². The minimum atomic E-state index is -0.733. The molecule has 4 nitrogen and oxygen atoms in total. The maximum absolute atomic E-state index is 10.9. The van der Waals surface area contributed by atoms with Gasteiger partial charge in [-0.3, -0.25) is 10.1 Å². The van der Waals surface area contributed by atoms with E-state index in [-0.39, 0.29) is 18.6 Å². The van der Waals surface area contributed by atoms with E-state index < -0.39 is 5.97 Å². The molecule has 4 heteroatoms. The summed E-state index contributed by atoms with van der Waals surface area (Å²) in [7, 11) is 0. The molecule has 0 aliphatic heterocycles. The summed E-state index contributed by atoms with van der Waals surface area (Å²) in [6.45, 7) is 2.71. The predicted molar refractivity (Wildman–Crippen MR) is 57.4 cm³/mol. The fraction of sp³-hybridized carbons (Fsp3) is 0.909. The van der Waals surface area contributed by atoms with Gasteiger partial charge in [-0.05, 0) is 24.2 Å². The fourth-order valence-electron chi connectivity index (χ4n) is 2.79. The van der Waals surface area contributed by atoms with Crippen LogP contribution in [0.5, 0.6) is 0 Å². The van der Waals surface area contributed by atoms with E-state index in [4.69, 9.17) is 10.2 Å². The fourth-order valence-corrected chi connectivity index (χ4v) is 2.79. The summed E-state index contributed by atoms with van der Waals surface area (Å²) in [5.74, 6) is -0.137. The predicted octanol–water partition coefficient (Wildman–Crippen LogP) is 1.20. The molecule has 1 saturated carbocycles. The van der Waals surface area contributed by atoms with Crippen LogP contribution < -0.4 is 5.32 Å². The Hall–Kier alpha value is -0.610. The van der Waals surface area contributed by atoms with E-state index in [0.717, 1.165) is 19.3 Å². The van der Waals surface area contributed by atoms with Crippen molar-refractivity contribution in [3.05, 3.63) is 0 Å². The van der Waals surface area contributed by atoms with Gasteiger partial charge in [-0.15, -0.1) is 0 Å². The Morgan fingerprint density at radius 1 is 1.60 bits per heavy atom. The molecule has 0 amide bonds. The summed E-state index contributed by atoms with van der Waals surface area (Å²) < 4.78 is 0. The third-order valence-corrected chi connectivity index (χ3v) is 3.32. The Balaban J connectivity index is 2.61. The number of hydrogen-bond acceptors (Lipinski definition) is 3. The van der Waals surface area contributed by atoms with Crippen molar-refractivity contribution < 1.29 is 15.0 Å². The molecule has 0 saturated heterocycles. The summed E-state index contributed by atoms with van der Waals surface area (Å²) >= 11 is 0. The van der Waals surface area contributed by atoms with Gasteiger partial charge in [0.1, 0.15) is 0 Å². The molecule has 0 aromatic carbocycles. The van der Waals surface area contributed by atoms with Crippen LogP contribution in [-0.4, -0.2) is 29.5 Å². The first-order valence-electron chi connectivity index (χ1n) is 5.61. The van der Waals surface area contributed by atoms with Gasteiger partial charge in [0.2, 0.25) is 0 Å². The molecule has 15 heavy (non-hydrogen) atoms. The molecule has 3 N–H and O–H groups in total. The average molecular weight is 215 g/mol. The largest absolute Gasteiger partial charge is 0.481 e. The Kier molecular flexibility index (Phi) is 4.54. The van der Waals surface area contributed by atoms with Crippen LogP contribution in [0.2, 0.25) is 0 Å². The molecule has 88 valence electrons. The van der Waals surface area contributed by atoms with Gasteiger partial charge in [-0.1, -0.05) is 19.8 Å². The smallest absolute Gasteiger partial charge is 0.303 e. The Bertz CT molecular complexity index is 220. The summed E-state index contributed by atoms with van der Waals surface area (Å²) in [6, 6.07) is 0. The first-order chi connectivity index (χ1) is 7.08. The third kappa shape index (κ3) is 3.80. The van der Waals surface area contributed by atoms with Crippen molar-refractivity contribution in [1.82, 2.24) is 5.32 Å². The molecule has 0 spiro atoms. The van der Waals surface area contributed by atoms with Gasteiger partial charge in [0.05, 0.1) is 13.2 Å². The number of aliphatic carboxylic acids is 1. The van der Waals surface area contributed by atoms with Crippen molar-refractivity contribution in [2.24, 2.45) is 11.3 Å². The van der Waals surface area contributed by atoms with Crippen molar-refractivity contribution in [2.75, 3.05) is 13.3 Å². The lowest BCUT2D eigenvalue weighted by molar-refractivity contribution is -0.140. The van der Waals surface area contributed by atoms with Crippen LogP contribution in [0.1, 0.15) is 39.0 Å². The van der Waals surface area contributed by atoms with E-state index in [9.17, 15) is 4.79 Å². The highest BCUT2D eigenvalue weighted by atomic mass is 16.4. The van der Waals surface area contributed by atoms with Gasteiger partial charge < -0.3 is 10.2 Å². The van der Waals surface area contributed by atoms with Crippen LogP contribution in [0.15, 0.2) is 0 Å². The number of carbonyl (C=O) groups is 1. The van der Waals surface area contributed by atoms with Gasteiger partial charge in [-0.2, -0.15) is 0 Å². The van der Waals surface area contributed by atoms with Crippen LogP contribution in [0, 0.1) is 11.3 Å². The quantitative estimate of drug-likeness (QED) is 0.603. The van der Waals surface area contributed by atoms with Crippen LogP contribution in [0.25, 0.3) is 0 Å². The molecule has 0 heterocycles. The number of carboxylic acids is 1. The van der Waals surface area contributed by atoms with Crippen LogP contribution >= 0.6 is 0 Å². The lowest BCUT2D eigenvalue weighted by atomic mass is 9.68. The molecular formula is C11H21NO3. The standard InChI is InChI=1S/C11H21NO3/c1-9-3-2-4-11(5-9,6-10(14)15)7-12-8-13/h9,12-13H,2-8H2,1H3,(H,14,15)/t9-,11-/m1/s1. The minimum Gasteiger partial charge on any atom is -0.481 e. The lowest BCUT2D eigenvalue weighted by Gasteiger charge is -2.39. The summed E-state index contributed by atoms with van der Waals surface area (Å²) in [4.78, 5) is 10.9. The van der Waals surface area contributed by atoms with Crippen LogP contribution in [0.3, 0.4) is 0 Å². The van der Waals surface area contributed by atoms with Crippen LogP contribution in [-0.2, 0) is 4.79 Å². The zero-order valence-corrected chi connectivity index (χ0v) is 9.33. The van der Waals surface area contributed by atoms with Gasteiger partial charge in [0.15, 0.2) is 0 Å². The SMILES string of the molecule is C[C@@H]1CCC[C@](CNCO)(CC(=O)O)C1. The number of aliphatic hydroxyl groups excluding tert-OH is 1. The second kappa shape index (κ2) is 5.47. The first kappa shape index (κ1) is 12.5. The third-order valence-electron chi connectivity index (χ3n) is 3.32. The summed E-state index contributed by atoms with van der Waals surface area (Å²) in [6.07, 6.45) is 4.41. The van der Waals surface area contributed by atoms with Gasteiger partial charge >= 0.3 is 5.97 Å². The topological polar surface area (TPSA) is 69.6 Å². The molecule has 0 radical (unpaired) electrons. The molecule has 1 rings (SSSR count). The molecule has 0 aromatic rings. The Morgan fingerprint density at radius 3 is 2.87 bits per heavy atom. The second-order valence-corrected chi connectivity index (χ2v) is 4.86. The molecule has 0 bridgehead atoms. The maximum Gasteiger partial charge on any atom is 0.303 e. The highest BCUT2D eigenvalue weighted by Gasteiger charge is 2.36. The molecule has 1 aliphatic carbocycles.